The van der Waals surface area contributed by atoms with Crippen LogP contribution in [0.25, 0.3) is 0 Å². The van der Waals surface area contributed by atoms with Gasteiger partial charge >= 0.3 is 0 Å². The van der Waals surface area contributed by atoms with Gasteiger partial charge in [0.25, 0.3) is 0 Å². The maximum Gasteiger partial charge on any atom is 0.0709 e. The maximum absolute atomic E-state index is 5.84. The molecule has 1 N–H and O–H groups in total. The minimum absolute atomic E-state index is 0.209. The number of nitrogens with one attached hydrogen (secondary N) is 1. The van der Waals surface area contributed by atoms with Crippen LogP contribution in [0.4, 0.5) is 0 Å². The van der Waals surface area contributed by atoms with Crippen LogP contribution < -0.4 is 5.32 Å². The molecule has 3 nitrogen and oxygen atoms in total. The van der Waals surface area contributed by atoms with E-state index in [-0.39, 0.29) is 5.66 Å². The Morgan fingerprint density at radius 2 is 1.94 bits per heavy atom. The molecule has 0 aromatic rings. The van der Waals surface area contributed by atoms with E-state index in [4.69, 9.17) is 4.74 Å². The predicted molar refractivity (Wildman–Crippen MR) is 68.6 cm³/mol. The van der Waals surface area contributed by atoms with Crippen molar-refractivity contribution in [3.05, 3.63) is 0 Å². The summed E-state index contributed by atoms with van der Waals surface area (Å²) in [6.45, 7) is 6.41. The average Bonchev–Trinajstić information content (AvgIpc) is 2.36. The molecule has 0 aromatic heterocycles. The van der Waals surface area contributed by atoms with E-state index in [1.165, 1.54) is 25.7 Å². The van der Waals surface area contributed by atoms with Gasteiger partial charge in [0, 0.05) is 6.61 Å². The van der Waals surface area contributed by atoms with E-state index in [0.717, 1.165) is 19.6 Å². The van der Waals surface area contributed by atoms with Gasteiger partial charge in [-0.25, -0.2) is 0 Å². The Labute approximate surface area is 101 Å². The van der Waals surface area contributed by atoms with Crippen LogP contribution >= 0.6 is 0 Å². The number of rotatable bonds is 6. The fraction of sp³-hybridized carbons (Fsp3) is 1.00. The molecule has 1 saturated carbocycles. The number of hydrogen-bond donors (Lipinski definition) is 1. The van der Waals surface area contributed by atoms with Gasteiger partial charge in [-0.05, 0) is 52.7 Å². The van der Waals surface area contributed by atoms with Gasteiger partial charge in [0.05, 0.1) is 11.8 Å². The molecular weight excluding hydrogens is 200 g/mol. The summed E-state index contributed by atoms with van der Waals surface area (Å²) in [5.74, 6) is 0. The molecule has 3 heteroatoms. The SMILES string of the molecule is CCCOC1CCC(NC)(N(C)CC)CC1. The molecule has 96 valence electrons. The normalized spacial score (nSPS) is 30.9. The van der Waals surface area contributed by atoms with Gasteiger partial charge < -0.3 is 10.1 Å². The van der Waals surface area contributed by atoms with Gasteiger partial charge in [-0.1, -0.05) is 13.8 Å². The lowest BCUT2D eigenvalue weighted by Crippen LogP contribution is -2.58. The van der Waals surface area contributed by atoms with Crippen LogP contribution in [-0.2, 0) is 4.74 Å². The third-order valence-corrected chi connectivity index (χ3v) is 3.99. The first-order valence-electron chi connectivity index (χ1n) is 6.70. The molecule has 16 heavy (non-hydrogen) atoms. The van der Waals surface area contributed by atoms with Crippen molar-refractivity contribution in [3.8, 4) is 0 Å². The van der Waals surface area contributed by atoms with Crippen LogP contribution in [-0.4, -0.2) is 43.9 Å². The highest BCUT2D eigenvalue weighted by atomic mass is 16.5. The number of ether oxygens (including phenoxy) is 1. The number of hydrogen-bond acceptors (Lipinski definition) is 3. The maximum atomic E-state index is 5.84. The largest absolute Gasteiger partial charge is 0.378 e. The summed E-state index contributed by atoms with van der Waals surface area (Å²) in [6.07, 6.45) is 6.38. The first-order valence-corrected chi connectivity index (χ1v) is 6.70. The Kier molecular flexibility index (Phi) is 5.73. The van der Waals surface area contributed by atoms with Gasteiger partial charge in [-0.3, -0.25) is 4.90 Å². The van der Waals surface area contributed by atoms with Gasteiger partial charge in [0.15, 0.2) is 0 Å². The van der Waals surface area contributed by atoms with Gasteiger partial charge in [0.2, 0.25) is 0 Å². The minimum atomic E-state index is 0.209. The highest BCUT2D eigenvalue weighted by Gasteiger charge is 2.36. The Balaban J connectivity index is 2.44. The molecule has 1 rings (SSSR count). The van der Waals surface area contributed by atoms with Crippen molar-refractivity contribution >= 4 is 0 Å². The third kappa shape index (κ3) is 3.19. The van der Waals surface area contributed by atoms with E-state index < -0.39 is 0 Å². The molecule has 1 fully saturated rings. The van der Waals surface area contributed by atoms with E-state index in [1.54, 1.807) is 0 Å². The lowest BCUT2D eigenvalue weighted by Gasteiger charge is -2.46. The second-order valence-corrected chi connectivity index (χ2v) is 4.87. The zero-order chi connectivity index (χ0) is 12.0. The van der Waals surface area contributed by atoms with Crippen molar-refractivity contribution in [2.24, 2.45) is 0 Å². The molecule has 0 atom stereocenters. The second-order valence-electron chi connectivity index (χ2n) is 4.87. The second kappa shape index (κ2) is 6.58. The molecule has 0 heterocycles. The van der Waals surface area contributed by atoms with Crippen molar-refractivity contribution < 1.29 is 4.74 Å². The molecule has 0 unspecified atom stereocenters. The standard InChI is InChI=1S/C13H28N2O/c1-5-11-16-12-7-9-13(14-3,10-8-12)15(4)6-2/h12,14H,5-11H2,1-4H3. The smallest absolute Gasteiger partial charge is 0.0709 e. The van der Waals surface area contributed by atoms with Crippen molar-refractivity contribution in [1.82, 2.24) is 10.2 Å². The molecule has 0 amide bonds. The predicted octanol–water partition coefficient (Wildman–Crippen LogP) is 2.22. The van der Waals surface area contributed by atoms with Crippen LogP contribution in [0.2, 0.25) is 0 Å². The summed E-state index contributed by atoms with van der Waals surface area (Å²) in [4.78, 5) is 2.43. The number of nitrogens with zero attached hydrogens (tertiary/aromatic N) is 1. The molecule has 0 radical (unpaired) electrons. The molecule has 0 aromatic carbocycles. The van der Waals surface area contributed by atoms with E-state index in [2.05, 4.69) is 38.2 Å². The first kappa shape index (κ1) is 13.9. The highest BCUT2D eigenvalue weighted by Crippen LogP contribution is 2.31. The molecule has 0 spiro atoms. The first-order chi connectivity index (χ1) is 7.68. The van der Waals surface area contributed by atoms with Gasteiger partial charge in [0.1, 0.15) is 0 Å². The molecule has 1 aliphatic rings. The Bertz CT molecular complexity index is 188. The van der Waals surface area contributed by atoms with Crippen molar-refractivity contribution in [2.45, 2.75) is 57.7 Å². The van der Waals surface area contributed by atoms with Crippen LogP contribution in [0, 0.1) is 0 Å². The lowest BCUT2D eigenvalue weighted by atomic mass is 9.86. The summed E-state index contributed by atoms with van der Waals surface area (Å²) in [7, 11) is 4.29. The topological polar surface area (TPSA) is 24.5 Å². The summed E-state index contributed by atoms with van der Waals surface area (Å²) < 4.78 is 5.84. The molecule has 1 aliphatic carbocycles. The highest BCUT2D eigenvalue weighted by molar-refractivity contribution is 4.90. The minimum Gasteiger partial charge on any atom is -0.378 e. The summed E-state index contributed by atoms with van der Waals surface area (Å²) in [5.41, 5.74) is 0.209. The van der Waals surface area contributed by atoms with E-state index in [1.807, 2.05) is 0 Å². The quantitative estimate of drug-likeness (QED) is 0.706. The van der Waals surface area contributed by atoms with Crippen LogP contribution in [0.3, 0.4) is 0 Å². The zero-order valence-corrected chi connectivity index (χ0v) is 11.4. The monoisotopic (exact) mass is 228 g/mol. The lowest BCUT2D eigenvalue weighted by molar-refractivity contribution is -0.0302. The fourth-order valence-corrected chi connectivity index (χ4v) is 2.65. The van der Waals surface area contributed by atoms with Crippen molar-refractivity contribution in [2.75, 3.05) is 27.2 Å². The summed E-state index contributed by atoms with van der Waals surface area (Å²) in [6, 6.07) is 0. The Morgan fingerprint density at radius 3 is 2.38 bits per heavy atom. The van der Waals surface area contributed by atoms with E-state index in [9.17, 15) is 0 Å². The van der Waals surface area contributed by atoms with E-state index >= 15 is 0 Å². The zero-order valence-electron chi connectivity index (χ0n) is 11.4. The van der Waals surface area contributed by atoms with Crippen molar-refractivity contribution in [1.29, 1.82) is 0 Å². The van der Waals surface area contributed by atoms with Crippen molar-refractivity contribution in [3.63, 3.8) is 0 Å². The third-order valence-electron chi connectivity index (χ3n) is 3.99. The van der Waals surface area contributed by atoms with Crippen LogP contribution in [0.1, 0.15) is 46.0 Å². The fourth-order valence-electron chi connectivity index (χ4n) is 2.65. The Morgan fingerprint density at radius 1 is 1.31 bits per heavy atom. The summed E-state index contributed by atoms with van der Waals surface area (Å²) >= 11 is 0. The molecule has 0 saturated heterocycles. The van der Waals surface area contributed by atoms with Gasteiger partial charge in [-0.2, -0.15) is 0 Å². The van der Waals surface area contributed by atoms with Gasteiger partial charge in [-0.15, -0.1) is 0 Å². The van der Waals surface area contributed by atoms with Crippen LogP contribution in [0.15, 0.2) is 0 Å². The Hall–Kier alpha value is -0.120. The molecular formula is C13H28N2O. The molecule has 0 bridgehead atoms. The summed E-state index contributed by atoms with van der Waals surface area (Å²) in [5, 5.41) is 3.52. The molecule has 0 aliphatic heterocycles. The van der Waals surface area contributed by atoms with E-state index in [0.29, 0.717) is 6.10 Å². The average molecular weight is 228 g/mol. The van der Waals surface area contributed by atoms with Crippen LogP contribution in [0.5, 0.6) is 0 Å².